The van der Waals surface area contributed by atoms with Gasteiger partial charge in [-0.3, -0.25) is 0 Å². The first-order valence-electron chi connectivity index (χ1n) is 5.00. The van der Waals surface area contributed by atoms with E-state index in [0.717, 1.165) is 6.42 Å². The van der Waals surface area contributed by atoms with E-state index in [0.29, 0.717) is 5.92 Å². The van der Waals surface area contributed by atoms with Crippen molar-refractivity contribution in [3.63, 3.8) is 0 Å². The minimum Gasteiger partial charge on any atom is -0.354 e. The first-order chi connectivity index (χ1) is 6.19. The molecule has 0 aromatic rings. The minimum atomic E-state index is -0.263. The van der Waals surface area contributed by atoms with Crippen LogP contribution in [0.3, 0.4) is 0 Å². The van der Waals surface area contributed by atoms with E-state index < -0.39 is 0 Å². The molecular formula is C10H23NO2. The van der Waals surface area contributed by atoms with Crippen LogP contribution in [-0.2, 0) is 9.47 Å². The van der Waals surface area contributed by atoms with Gasteiger partial charge in [0.2, 0.25) is 0 Å². The Kier molecular flexibility index (Phi) is 7.23. The largest absolute Gasteiger partial charge is 0.354 e. The van der Waals surface area contributed by atoms with E-state index in [-0.39, 0.29) is 12.3 Å². The Balaban J connectivity index is 3.87. The number of methoxy groups -OCH3 is 2. The maximum absolute atomic E-state index is 5.94. The normalized spacial score (nSPS) is 14.1. The number of ether oxygens (including phenoxy) is 2. The van der Waals surface area contributed by atoms with E-state index in [1.807, 2.05) is 0 Å². The molecule has 80 valence electrons. The molecule has 13 heavy (non-hydrogen) atoms. The third-order valence-corrected chi connectivity index (χ3v) is 2.57. The molecule has 0 aliphatic rings. The van der Waals surface area contributed by atoms with Crippen LogP contribution < -0.4 is 5.73 Å². The SMILES string of the molecule is CCC(CC)CC(N)C(OC)OC. The highest BCUT2D eigenvalue weighted by molar-refractivity contribution is 4.70. The summed E-state index contributed by atoms with van der Waals surface area (Å²) in [6, 6.07) is -0.0140. The topological polar surface area (TPSA) is 44.5 Å². The molecule has 0 bridgehead atoms. The molecule has 2 N–H and O–H groups in total. The molecule has 0 aliphatic carbocycles. The van der Waals surface area contributed by atoms with Crippen molar-refractivity contribution in [2.45, 2.75) is 45.4 Å². The zero-order valence-electron chi connectivity index (χ0n) is 9.25. The van der Waals surface area contributed by atoms with Crippen LogP contribution >= 0.6 is 0 Å². The number of rotatable bonds is 7. The zero-order valence-corrected chi connectivity index (χ0v) is 9.25. The summed E-state index contributed by atoms with van der Waals surface area (Å²) in [7, 11) is 3.25. The van der Waals surface area contributed by atoms with Gasteiger partial charge in [0.15, 0.2) is 6.29 Å². The van der Waals surface area contributed by atoms with Crippen LogP contribution in [0.2, 0.25) is 0 Å². The van der Waals surface area contributed by atoms with Crippen molar-refractivity contribution in [1.29, 1.82) is 0 Å². The lowest BCUT2D eigenvalue weighted by Crippen LogP contribution is -2.38. The van der Waals surface area contributed by atoms with Crippen molar-refractivity contribution < 1.29 is 9.47 Å². The lowest BCUT2D eigenvalue weighted by atomic mass is 9.95. The van der Waals surface area contributed by atoms with E-state index in [2.05, 4.69) is 13.8 Å². The lowest BCUT2D eigenvalue weighted by molar-refractivity contribution is -0.119. The Hall–Kier alpha value is -0.120. The summed E-state index contributed by atoms with van der Waals surface area (Å²) < 4.78 is 10.2. The summed E-state index contributed by atoms with van der Waals surface area (Å²) >= 11 is 0. The van der Waals surface area contributed by atoms with Crippen LogP contribution in [0.4, 0.5) is 0 Å². The molecule has 0 spiro atoms. The van der Waals surface area contributed by atoms with Crippen molar-refractivity contribution in [3.05, 3.63) is 0 Å². The van der Waals surface area contributed by atoms with E-state index in [1.54, 1.807) is 14.2 Å². The van der Waals surface area contributed by atoms with Gasteiger partial charge < -0.3 is 15.2 Å². The summed E-state index contributed by atoms with van der Waals surface area (Å²) in [6.07, 6.45) is 3.05. The first kappa shape index (κ1) is 12.9. The predicted octanol–water partition coefficient (Wildman–Crippen LogP) is 1.76. The number of hydrogen-bond donors (Lipinski definition) is 1. The van der Waals surface area contributed by atoms with E-state index >= 15 is 0 Å². The van der Waals surface area contributed by atoms with E-state index in [4.69, 9.17) is 15.2 Å². The average molecular weight is 189 g/mol. The molecule has 0 amide bonds. The summed E-state index contributed by atoms with van der Waals surface area (Å²) in [4.78, 5) is 0. The van der Waals surface area contributed by atoms with Gasteiger partial charge in [0.05, 0.1) is 6.04 Å². The predicted molar refractivity (Wildman–Crippen MR) is 54.5 cm³/mol. The van der Waals surface area contributed by atoms with Crippen LogP contribution in [-0.4, -0.2) is 26.6 Å². The number of nitrogens with two attached hydrogens (primary N) is 1. The van der Waals surface area contributed by atoms with E-state index in [1.165, 1.54) is 12.8 Å². The van der Waals surface area contributed by atoms with Crippen LogP contribution in [0.1, 0.15) is 33.1 Å². The second-order valence-electron chi connectivity index (χ2n) is 3.42. The van der Waals surface area contributed by atoms with Crippen molar-refractivity contribution in [3.8, 4) is 0 Å². The second kappa shape index (κ2) is 7.30. The van der Waals surface area contributed by atoms with Crippen molar-refractivity contribution in [2.75, 3.05) is 14.2 Å². The summed E-state index contributed by atoms with van der Waals surface area (Å²) in [5.74, 6) is 0.683. The van der Waals surface area contributed by atoms with Gasteiger partial charge in [0, 0.05) is 14.2 Å². The van der Waals surface area contributed by atoms with Crippen LogP contribution in [0.5, 0.6) is 0 Å². The first-order valence-corrected chi connectivity index (χ1v) is 5.00. The molecule has 1 unspecified atom stereocenters. The van der Waals surface area contributed by atoms with Gasteiger partial charge in [-0.25, -0.2) is 0 Å². The Bertz CT molecular complexity index is 111. The fraction of sp³-hybridized carbons (Fsp3) is 1.00. The molecule has 1 atom stereocenters. The third-order valence-electron chi connectivity index (χ3n) is 2.57. The maximum Gasteiger partial charge on any atom is 0.171 e. The fourth-order valence-corrected chi connectivity index (χ4v) is 1.56. The van der Waals surface area contributed by atoms with Gasteiger partial charge in [0.25, 0.3) is 0 Å². The zero-order chi connectivity index (χ0) is 10.3. The highest BCUT2D eigenvalue weighted by Gasteiger charge is 2.19. The Morgan fingerprint density at radius 1 is 1.08 bits per heavy atom. The Morgan fingerprint density at radius 2 is 1.54 bits per heavy atom. The molecule has 3 nitrogen and oxygen atoms in total. The van der Waals surface area contributed by atoms with Crippen LogP contribution in [0.15, 0.2) is 0 Å². The lowest BCUT2D eigenvalue weighted by Gasteiger charge is -2.24. The monoisotopic (exact) mass is 189 g/mol. The van der Waals surface area contributed by atoms with E-state index in [9.17, 15) is 0 Å². The summed E-state index contributed by atoms with van der Waals surface area (Å²) in [6.45, 7) is 4.38. The molecule has 0 saturated heterocycles. The van der Waals surface area contributed by atoms with Crippen LogP contribution in [0, 0.1) is 5.92 Å². The van der Waals surface area contributed by atoms with Gasteiger partial charge in [0.1, 0.15) is 0 Å². The van der Waals surface area contributed by atoms with Gasteiger partial charge >= 0.3 is 0 Å². The summed E-state index contributed by atoms with van der Waals surface area (Å²) in [5, 5.41) is 0. The average Bonchev–Trinajstić information content (AvgIpc) is 2.16. The van der Waals surface area contributed by atoms with Gasteiger partial charge in [-0.15, -0.1) is 0 Å². The molecular weight excluding hydrogens is 166 g/mol. The molecule has 0 aromatic heterocycles. The maximum atomic E-state index is 5.94. The minimum absolute atomic E-state index is 0.0140. The molecule has 0 fully saturated rings. The van der Waals surface area contributed by atoms with Crippen molar-refractivity contribution in [1.82, 2.24) is 0 Å². The molecule has 0 saturated carbocycles. The highest BCUT2D eigenvalue weighted by atomic mass is 16.7. The smallest absolute Gasteiger partial charge is 0.171 e. The molecule has 0 radical (unpaired) electrons. The van der Waals surface area contributed by atoms with Crippen LogP contribution in [0.25, 0.3) is 0 Å². The quantitative estimate of drug-likeness (QED) is 0.621. The number of hydrogen-bond acceptors (Lipinski definition) is 3. The molecule has 0 aliphatic heterocycles. The van der Waals surface area contributed by atoms with Gasteiger partial charge in [-0.2, -0.15) is 0 Å². The standard InChI is InChI=1S/C10H23NO2/c1-5-8(6-2)7-9(11)10(12-3)13-4/h8-10H,5-7,11H2,1-4H3. The fourth-order valence-electron chi connectivity index (χ4n) is 1.56. The molecule has 0 heterocycles. The molecule has 0 rings (SSSR count). The Morgan fingerprint density at radius 3 is 1.85 bits per heavy atom. The summed E-state index contributed by atoms with van der Waals surface area (Å²) in [5.41, 5.74) is 5.94. The highest BCUT2D eigenvalue weighted by Crippen LogP contribution is 2.16. The second-order valence-corrected chi connectivity index (χ2v) is 3.42. The molecule has 0 aromatic carbocycles. The third kappa shape index (κ3) is 4.60. The van der Waals surface area contributed by atoms with Crippen molar-refractivity contribution >= 4 is 0 Å². The molecule has 3 heteroatoms. The van der Waals surface area contributed by atoms with Gasteiger partial charge in [-0.05, 0) is 12.3 Å². The van der Waals surface area contributed by atoms with Crippen molar-refractivity contribution in [2.24, 2.45) is 11.7 Å². The Labute approximate surface area is 81.6 Å². The van der Waals surface area contributed by atoms with Gasteiger partial charge in [-0.1, -0.05) is 26.7 Å².